The number of hydrogen-bond acceptors (Lipinski definition) is 3. The van der Waals surface area contributed by atoms with Gasteiger partial charge >= 0.3 is 0 Å². The molecule has 1 rings (SSSR count). The minimum atomic E-state index is 0.534. The average Bonchev–Trinajstić information content (AvgIpc) is 2.25. The number of nitrogen functional groups attached to an aromatic ring is 1. The minimum absolute atomic E-state index is 0.534. The number of benzene rings is 1. The van der Waals surface area contributed by atoms with Gasteiger partial charge in [0.25, 0.3) is 0 Å². The van der Waals surface area contributed by atoms with Crippen molar-refractivity contribution >= 4 is 11.4 Å². The molecule has 0 saturated carbocycles. The number of anilines is 2. The molecule has 16 heavy (non-hydrogen) atoms. The highest BCUT2D eigenvalue weighted by Gasteiger charge is 2.06. The Balaban J connectivity index is 2.57. The standard InChI is InChI=1S/C13H23N3/c1-4-16(10-9-15-11(2)3)13-8-6-5-7-12(13)14/h5-8,11,15H,4,9-10,14H2,1-3H3. The quantitative estimate of drug-likeness (QED) is 0.723. The van der Waals surface area contributed by atoms with Crippen molar-refractivity contribution in [2.75, 3.05) is 30.3 Å². The molecule has 90 valence electrons. The monoisotopic (exact) mass is 221 g/mol. The summed E-state index contributed by atoms with van der Waals surface area (Å²) < 4.78 is 0. The van der Waals surface area contributed by atoms with Crippen molar-refractivity contribution in [2.24, 2.45) is 0 Å². The van der Waals surface area contributed by atoms with E-state index in [1.165, 1.54) is 0 Å². The van der Waals surface area contributed by atoms with Crippen LogP contribution in [0.1, 0.15) is 20.8 Å². The molecule has 0 aliphatic heterocycles. The molecule has 0 amide bonds. The third kappa shape index (κ3) is 3.74. The van der Waals surface area contributed by atoms with E-state index in [0.29, 0.717) is 6.04 Å². The maximum Gasteiger partial charge on any atom is 0.0600 e. The van der Waals surface area contributed by atoms with Gasteiger partial charge in [-0.2, -0.15) is 0 Å². The Morgan fingerprint density at radius 2 is 2.00 bits per heavy atom. The molecular formula is C13H23N3. The van der Waals surface area contributed by atoms with Crippen molar-refractivity contribution in [1.82, 2.24) is 5.32 Å². The van der Waals surface area contributed by atoms with E-state index in [1.807, 2.05) is 18.2 Å². The molecule has 0 heterocycles. The van der Waals surface area contributed by atoms with Gasteiger partial charge in [-0.05, 0) is 19.1 Å². The van der Waals surface area contributed by atoms with E-state index >= 15 is 0 Å². The van der Waals surface area contributed by atoms with Crippen LogP contribution < -0.4 is 16.0 Å². The predicted molar refractivity (Wildman–Crippen MR) is 71.9 cm³/mol. The SMILES string of the molecule is CCN(CCNC(C)C)c1ccccc1N. The van der Waals surface area contributed by atoms with E-state index in [2.05, 4.69) is 37.1 Å². The summed E-state index contributed by atoms with van der Waals surface area (Å²) >= 11 is 0. The van der Waals surface area contributed by atoms with Crippen LogP contribution in [0.2, 0.25) is 0 Å². The molecule has 0 spiro atoms. The normalized spacial score (nSPS) is 10.8. The summed E-state index contributed by atoms with van der Waals surface area (Å²) in [6.07, 6.45) is 0. The first-order chi connectivity index (χ1) is 7.65. The van der Waals surface area contributed by atoms with Crippen molar-refractivity contribution in [3.63, 3.8) is 0 Å². The third-order valence-electron chi connectivity index (χ3n) is 2.59. The highest BCUT2D eigenvalue weighted by atomic mass is 15.1. The molecule has 0 aromatic heterocycles. The first-order valence-electron chi connectivity index (χ1n) is 5.98. The minimum Gasteiger partial charge on any atom is -0.397 e. The molecule has 0 bridgehead atoms. The summed E-state index contributed by atoms with van der Waals surface area (Å²) in [7, 11) is 0. The van der Waals surface area contributed by atoms with Crippen LogP contribution in [0.15, 0.2) is 24.3 Å². The molecule has 0 saturated heterocycles. The van der Waals surface area contributed by atoms with E-state index in [-0.39, 0.29) is 0 Å². The second kappa shape index (κ2) is 6.38. The molecule has 3 heteroatoms. The Morgan fingerprint density at radius 3 is 2.56 bits per heavy atom. The van der Waals surface area contributed by atoms with Gasteiger partial charge in [0.15, 0.2) is 0 Å². The van der Waals surface area contributed by atoms with E-state index in [9.17, 15) is 0 Å². The van der Waals surface area contributed by atoms with Gasteiger partial charge in [0, 0.05) is 25.7 Å². The fourth-order valence-electron chi connectivity index (χ4n) is 1.71. The second-order valence-electron chi connectivity index (χ2n) is 4.25. The van der Waals surface area contributed by atoms with Crippen LogP contribution in [0.25, 0.3) is 0 Å². The van der Waals surface area contributed by atoms with Crippen molar-refractivity contribution in [1.29, 1.82) is 0 Å². The van der Waals surface area contributed by atoms with Crippen molar-refractivity contribution in [2.45, 2.75) is 26.8 Å². The largest absolute Gasteiger partial charge is 0.397 e. The summed E-state index contributed by atoms with van der Waals surface area (Å²) in [4.78, 5) is 2.30. The maximum atomic E-state index is 5.97. The summed E-state index contributed by atoms with van der Waals surface area (Å²) in [5, 5.41) is 3.42. The van der Waals surface area contributed by atoms with Gasteiger partial charge in [-0.15, -0.1) is 0 Å². The van der Waals surface area contributed by atoms with Crippen LogP contribution in [0.5, 0.6) is 0 Å². The van der Waals surface area contributed by atoms with Crippen molar-refractivity contribution in [3.8, 4) is 0 Å². The Kier molecular flexibility index (Phi) is 5.12. The number of hydrogen-bond donors (Lipinski definition) is 2. The summed E-state index contributed by atoms with van der Waals surface area (Å²) in [5.74, 6) is 0. The number of rotatable bonds is 6. The smallest absolute Gasteiger partial charge is 0.0600 e. The fraction of sp³-hybridized carbons (Fsp3) is 0.538. The maximum absolute atomic E-state index is 5.97. The molecule has 0 aliphatic carbocycles. The van der Waals surface area contributed by atoms with Gasteiger partial charge in [0.05, 0.1) is 11.4 Å². The molecule has 0 radical (unpaired) electrons. The Hall–Kier alpha value is -1.22. The second-order valence-corrected chi connectivity index (χ2v) is 4.25. The lowest BCUT2D eigenvalue weighted by Gasteiger charge is -2.25. The summed E-state index contributed by atoms with van der Waals surface area (Å²) in [5.41, 5.74) is 7.96. The van der Waals surface area contributed by atoms with Gasteiger partial charge < -0.3 is 16.0 Å². The van der Waals surface area contributed by atoms with E-state index in [4.69, 9.17) is 5.73 Å². The Labute approximate surface area is 98.6 Å². The van der Waals surface area contributed by atoms with Crippen molar-refractivity contribution < 1.29 is 0 Å². The van der Waals surface area contributed by atoms with Crippen LogP contribution in [0.4, 0.5) is 11.4 Å². The van der Waals surface area contributed by atoms with Crippen LogP contribution in [0, 0.1) is 0 Å². The van der Waals surface area contributed by atoms with Crippen LogP contribution in [-0.4, -0.2) is 25.7 Å². The Morgan fingerprint density at radius 1 is 1.31 bits per heavy atom. The average molecular weight is 221 g/mol. The summed E-state index contributed by atoms with van der Waals surface area (Å²) in [6, 6.07) is 8.57. The zero-order chi connectivity index (χ0) is 12.0. The number of para-hydroxylation sites is 2. The van der Waals surface area contributed by atoms with Crippen LogP contribution >= 0.6 is 0 Å². The first kappa shape index (κ1) is 12.8. The van der Waals surface area contributed by atoms with Crippen molar-refractivity contribution in [3.05, 3.63) is 24.3 Å². The summed E-state index contributed by atoms with van der Waals surface area (Å²) in [6.45, 7) is 9.43. The molecule has 0 aliphatic rings. The molecule has 3 nitrogen and oxygen atoms in total. The molecule has 3 N–H and O–H groups in total. The zero-order valence-electron chi connectivity index (χ0n) is 10.5. The number of nitrogens with zero attached hydrogens (tertiary/aromatic N) is 1. The Bertz CT molecular complexity index is 310. The molecule has 0 fully saturated rings. The van der Waals surface area contributed by atoms with E-state index < -0.39 is 0 Å². The fourth-order valence-corrected chi connectivity index (χ4v) is 1.71. The van der Waals surface area contributed by atoms with Crippen LogP contribution in [0.3, 0.4) is 0 Å². The highest BCUT2D eigenvalue weighted by molar-refractivity contribution is 5.67. The van der Waals surface area contributed by atoms with E-state index in [0.717, 1.165) is 31.0 Å². The van der Waals surface area contributed by atoms with Gasteiger partial charge in [-0.1, -0.05) is 26.0 Å². The highest BCUT2D eigenvalue weighted by Crippen LogP contribution is 2.21. The van der Waals surface area contributed by atoms with Gasteiger partial charge in [-0.25, -0.2) is 0 Å². The predicted octanol–water partition coefficient (Wildman–Crippen LogP) is 2.09. The number of likely N-dealkylation sites (N-methyl/N-ethyl adjacent to an activating group) is 1. The number of nitrogens with one attached hydrogen (secondary N) is 1. The molecule has 1 aromatic rings. The lowest BCUT2D eigenvalue weighted by molar-refractivity contribution is 0.584. The molecule has 0 atom stereocenters. The molecule has 1 aromatic carbocycles. The topological polar surface area (TPSA) is 41.3 Å². The van der Waals surface area contributed by atoms with Gasteiger partial charge in [0.2, 0.25) is 0 Å². The van der Waals surface area contributed by atoms with Crippen LogP contribution in [-0.2, 0) is 0 Å². The lowest BCUT2D eigenvalue weighted by atomic mass is 10.2. The zero-order valence-corrected chi connectivity index (χ0v) is 10.5. The lowest BCUT2D eigenvalue weighted by Crippen LogP contribution is -2.35. The van der Waals surface area contributed by atoms with E-state index in [1.54, 1.807) is 0 Å². The third-order valence-corrected chi connectivity index (χ3v) is 2.59. The van der Waals surface area contributed by atoms with Gasteiger partial charge in [0.1, 0.15) is 0 Å². The molecular weight excluding hydrogens is 198 g/mol. The van der Waals surface area contributed by atoms with Gasteiger partial charge in [-0.3, -0.25) is 0 Å². The number of nitrogens with two attached hydrogens (primary N) is 1. The first-order valence-corrected chi connectivity index (χ1v) is 5.98. The molecule has 0 unspecified atom stereocenters.